The van der Waals surface area contributed by atoms with Crippen LogP contribution in [-0.2, 0) is 16.4 Å². The molecule has 6 nitrogen and oxygen atoms in total. The molecule has 0 saturated carbocycles. The van der Waals surface area contributed by atoms with Crippen molar-refractivity contribution in [2.24, 2.45) is 0 Å². The number of hydrogen-bond donors (Lipinski definition) is 1. The van der Waals surface area contributed by atoms with E-state index >= 15 is 0 Å². The Morgan fingerprint density at radius 2 is 1.83 bits per heavy atom. The summed E-state index contributed by atoms with van der Waals surface area (Å²) in [6.07, 6.45) is 0.530. The summed E-state index contributed by atoms with van der Waals surface area (Å²) in [4.78, 5) is 16.3. The molecule has 0 aromatic heterocycles. The molecule has 3 rings (SSSR count). The Bertz CT molecular complexity index is 640. The largest absolute Gasteiger partial charge is 0.334 e. The predicted molar refractivity (Wildman–Crippen MR) is 88.9 cm³/mol. The van der Waals surface area contributed by atoms with Crippen molar-refractivity contribution in [2.75, 3.05) is 37.7 Å². The number of benzene rings is 1. The summed E-state index contributed by atoms with van der Waals surface area (Å²) in [5, 5.41) is 2.86. The summed E-state index contributed by atoms with van der Waals surface area (Å²) >= 11 is 0. The van der Waals surface area contributed by atoms with Gasteiger partial charge in [-0.15, -0.1) is 0 Å². The minimum Gasteiger partial charge on any atom is -0.334 e. The minimum absolute atomic E-state index is 0.0761. The Balaban J connectivity index is 1.44. The molecule has 2 heterocycles. The number of sulfone groups is 1. The number of hydrogen-bond acceptors (Lipinski definition) is 4. The van der Waals surface area contributed by atoms with Crippen molar-refractivity contribution in [3.63, 3.8) is 0 Å². The number of carbonyl (C=O) groups excluding carboxylic acids is 1. The van der Waals surface area contributed by atoms with Crippen molar-refractivity contribution in [1.82, 2.24) is 15.1 Å². The van der Waals surface area contributed by atoms with Crippen LogP contribution in [0, 0.1) is 0 Å². The molecule has 0 radical (unpaired) electrons. The number of carbonyl (C=O) groups is 1. The maximum absolute atomic E-state index is 12.2. The molecule has 0 aliphatic carbocycles. The first-order chi connectivity index (χ1) is 11.0. The highest BCUT2D eigenvalue weighted by molar-refractivity contribution is 7.91. The molecule has 2 aliphatic rings. The fraction of sp³-hybridized carbons (Fsp3) is 0.562. The van der Waals surface area contributed by atoms with E-state index in [1.807, 2.05) is 18.2 Å². The summed E-state index contributed by atoms with van der Waals surface area (Å²) in [6, 6.07) is 9.94. The van der Waals surface area contributed by atoms with Gasteiger partial charge in [-0.2, -0.15) is 0 Å². The fourth-order valence-electron chi connectivity index (χ4n) is 3.13. The predicted octanol–water partition coefficient (Wildman–Crippen LogP) is 0.701. The van der Waals surface area contributed by atoms with Gasteiger partial charge in [-0.05, 0) is 12.0 Å². The number of nitrogens with one attached hydrogen (secondary N) is 1. The maximum Gasteiger partial charge on any atom is 0.317 e. The summed E-state index contributed by atoms with van der Waals surface area (Å²) in [5.74, 6) is 0.259. The van der Waals surface area contributed by atoms with Gasteiger partial charge < -0.3 is 10.2 Å². The zero-order chi connectivity index (χ0) is 16.3. The third kappa shape index (κ3) is 4.45. The topological polar surface area (TPSA) is 69.7 Å². The van der Waals surface area contributed by atoms with Gasteiger partial charge in [-0.25, -0.2) is 13.2 Å². The third-order valence-electron chi connectivity index (χ3n) is 4.47. The van der Waals surface area contributed by atoms with Crippen molar-refractivity contribution in [2.45, 2.75) is 19.0 Å². The SMILES string of the molecule is O=C(N[C@H]1CCS(=O)(=O)C1)N1CCN(Cc2ccccc2)CC1. The van der Waals surface area contributed by atoms with E-state index in [9.17, 15) is 13.2 Å². The summed E-state index contributed by atoms with van der Waals surface area (Å²) in [6.45, 7) is 3.93. The summed E-state index contributed by atoms with van der Waals surface area (Å²) in [7, 11) is -2.96. The molecule has 1 atom stereocenters. The molecule has 1 N–H and O–H groups in total. The summed E-state index contributed by atoms with van der Waals surface area (Å²) in [5.41, 5.74) is 1.28. The van der Waals surface area contributed by atoms with E-state index in [-0.39, 0.29) is 23.6 Å². The molecule has 1 aromatic carbocycles. The van der Waals surface area contributed by atoms with Crippen LogP contribution in [0.4, 0.5) is 4.79 Å². The summed E-state index contributed by atoms with van der Waals surface area (Å²) < 4.78 is 22.9. The highest BCUT2D eigenvalue weighted by atomic mass is 32.2. The first-order valence-corrected chi connectivity index (χ1v) is 9.86. The van der Waals surface area contributed by atoms with Gasteiger partial charge in [0, 0.05) is 38.8 Å². The molecule has 23 heavy (non-hydrogen) atoms. The van der Waals surface area contributed by atoms with Crippen LogP contribution in [0.5, 0.6) is 0 Å². The Morgan fingerprint density at radius 1 is 1.13 bits per heavy atom. The minimum atomic E-state index is -2.96. The average Bonchev–Trinajstić information content (AvgIpc) is 2.88. The molecule has 2 amide bonds. The molecule has 0 spiro atoms. The third-order valence-corrected chi connectivity index (χ3v) is 6.24. The molecule has 2 aliphatic heterocycles. The van der Waals surface area contributed by atoms with Gasteiger partial charge in [0.1, 0.15) is 0 Å². The van der Waals surface area contributed by atoms with E-state index in [0.717, 1.165) is 19.6 Å². The lowest BCUT2D eigenvalue weighted by molar-refractivity contribution is 0.134. The molecule has 0 unspecified atom stereocenters. The number of rotatable bonds is 3. The van der Waals surface area contributed by atoms with Crippen LogP contribution in [-0.4, -0.2) is 68.0 Å². The van der Waals surface area contributed by atoms with E-state index in [1.54, 1.807) is 4.90 Å². The van der Waals surface area contributed by atoms with Crippen molar-refractivity contribution in [3.05, 3.63) is 35.9 Å². The number of urea groups is 1. The van der Waals surface area contributed by atoms with Gasteiger partial charge in [-0.3, -0.25) is 4.90 Å². The first kappa shape index (κ1) is 16.3. The number of piperazine rings is 1. The Labute approximate surface area is 137 Å². The van der Waals surface area contributed by atoms with Gasteiger partial charge in [0.05, 0.1) is 11.5 Å². The van der Waals surface area contributed by atoms with Crippen molar-refractivity contribution < 1.29 is 13.2 Å². The maximum atomic E-state index is 12.2. The molecule has 7 heteroatoms. The normalized spacial score (nSPS) is 24.5. The lowest BCUT2D eigenvalue weighted by Crippen LogP contribution is -2.53. The standard InChI is InChI=1S/C16H23N3O3S/c20-16(17-15-6-11-23(21,22)13-15)19-9-7-18(8-10-19)12-14-4-2-1-3-5-14/h1-5,15H,6-13H2,(H,17,20)/t15-/m0/s1. The van der Waals surface area contributed by atoms with Crippen molar-refractivity contribution >= 4 is 15.9 Å². The van der Waals surface area contributed by atoms with Gasteiger partial charge in [-0.1, -0.05) is 30.3 Å². The van der Waals surface area contributed by atoms with Gasteiger partial charge in [0.25, 0.3) is 0 Å². The molecule has 2 saturated heterocycles. The fourth-order valence-corrected chi connectivity index (χ4v) is 4.80. The van der Waals surface area contributed by atoms with Crippen LogP contribution < -0.4 is 5.32 Å². The second-order valence-electron chi connectivity index (χ2n) is 6.30. The Kier molecular flexibility index (Phi) is 4.87. The molecule has 0 bridgehead atoms. The number of amides is 2. The monoisotopic (exact) mass is 337 g/mol. The van der Waals surface area contributed by atoms with Crippen LogP contribution in [0.25, 0.3) is 0 Å². The van der Waals surface area contributed by atoms with Crippen molar-refractivity contribution in [1.29, 1.82) is 0 Å². The van der Waals surface area contributed by atoms with Gasteiger partial charge in [0.15, 0.2) is 9.84 Å². The van der Waals surface area contributed by atoms with Crippen LogP contribution in [0.15, 0.2) is 30.3 Å². The van der Waals surface area contributed by atoms with Crippen LogP contribution >= 0.6 is 0 Å². The first-order valence-electron chi connectivity index (χ1n) is 8.04. The highest BCUT2D eigenvalue weighted by Crippen LogP contribution is 2.13. The smallest absolute Gasteiger partial charge is 0.317 e. The number of nitrogens with zero attached hydrogens (tertiary/aromatic N) is 2. The quantitative estimate of drug-likeness (QED) is 0.881. The Morgan fingerprint density at radius 3 is 2.43 bits per heavy atom. The second-order valence-corrected chi connectivity index (χ2v) is 8.53. The van der Waals surface area contributed by atoms with E-state index < -0.39 is 9.84 Å². The van der Waals surface area contributed by atoms with Crippen LogP contribution in [0.1, 0.15) is 12.0 Å². The van der Waals surface area contributed by atoms with E-state index in [2.05, 4.69) is 22.3 Å². The molecule has 1 aromatic rings. The Hall–Kier alpha value is -1.60. The zero-order valence-corrected chi connectivity index (χ0v) is 14.0. The van der Waals surface area contributed by atoms with Crippen LogP contribution in [0.3, 0.4) is 0 Å². The van der Waals surface area contributed by atoms with Gasteiger partial charge in [0.2, 0.25) is 0 Å². The van der Waals surface area contributed by atoms with Gasteiger partial charge >= 0.3 is 6.03 Å². The van der Waals surface area contributed by atoms with Crippen molar-refractivity contribution in [3.8, 4) is 0 Å². The molecule has 126 valence electrons. The van der Waals surface area contributed by atoms with E-state index in [1.165, 1.54) is 5.56 Å². The average molecular weight is 337 g/mol. The zero-order valence-electron chi connectivity index (χ0n) is 13.1. The van der Waals surface area contributed by atoms with E-state index in [4.69, 9.17) is 0 Å². The molecular formula is C16H23N3O3S. The lowest BCUT2D eigenvalue weighted by Gasteiger charge is -2.35. The molecule has 2 fully saturated rings. The van der Waals surface area contributed by atoms with Crippen LogP contribution in [0.2, 0.25) is 0 Å². The lowest BCUT2D eigenvalue weighted by atomic mass is 10.2. The van der Waals surface area contributed by atoms with E-state index in [0.29, 0.717) is 19.5 Å². The highest BCUT2D eigenvalue weighted by Gasteiger charge is 2.30. The second kappa shape index (κ2) is 6.88. The molecular weight excluding hydrogens is 314 g/mol.